The molecule has 23 heavy (non-hydrogen) atoms. The molecule has 0 fully saturated rings. The Kier molecular flexibility index (Phi) is 5.38. The summed E-state index contributed by atoms with van der Waals surface area (Å²) < 4.78 is 5.92. The highest BCUT2D eigenvalue weighted by Gasteiger charge is 2.03. The molecule has 0 spiro atoms. The first-order chi connectivity index (χ1) is 11.4. The first kappa shape index (κ1) is 15.3. The normalized spacial score (nSPS) is 10.4. The Morgan fingerprint density at radius 3 is 2.39 bits per heavy atom. The van der Waals surface area contributed by atoms with E-state index < -0.39 is 0 Å². The summed E-state index contributed by atoms with van der Waals surface area (Å²) >= 11 is 0. The van der Waals surface area contributed by atoms with E-state index in [1.165, 1.54) is 5.56 Å². The van der Waals surface area contributed by atoms with Crippen molar-refractivity contribution in [2.45, 2.75) is 19.7 Å². The topological polar surface area (TPSA) is 34.1 Å². The fraction of sp³-hybridized carbons (Fsp3) is 0.150. The smallest absolute Gasteiger partial charge is 0.130 e. The molecule has 0 aliphatic rings. The number of benzene rings is 2. The predicted octanol–water partition coefficient (Wildman–Crippen LogP) is 3.95. The number of hydrogen-bond donors (Lipinski definition) is 1. The van der Waals surface area contributed by atoms with Crippen molar-refractivity contribution in [1.29, 1.82) is 0 Å². The van der Waals surface area contributed by atoms with E-state index >= 15 is 0 Å². The molecule has 0 saturated heterocycles. The van der Waals surface area contributed by atoms with E-state index in [9.17, 15) is 0 Å². The standard InChI is InChI=1S/C20H20N2O/c1-2-8-17(9-3-1)14-21-15-18-10-4-5-12-20(18)23-16-19-11-6-7-13-22-19/h1-13,21H,14-16H2. The lowest BCUT2D eigenvalue weighted by atomic mass is 10.2. The van der Waals surface area contributed by atoms with Gasteiger partial charge in [0.2, 0.25) is 0 Å². The van der Waals surface area contributed by atoms with E-state index in [0.29, 0.717) is 6.61 Å². The molecule has 3 rings (SSSR count). The number of pyridine rings is 1. The van der Waals surface area contributed by atoms with Crippen LogP contribution < -0.4 is 10.1 Å². The Morgan fingerprint density at radius 2 is 1.57 bits per heavy atom. The molecule has 1 heterocycles. The number of nitrogens with one attached hydrogen (secondary N) is 1. The summed E-state index contributed by atoms with van der Waals surface area (Å²) in [6, 6.07) is 24.4. The first-order valence-corrected chi connectivity index (χ1v) is 7.77. The van der Waals surface area contributed by atoms with E-state index in [4.69, 9.17) is 4.74 Å². The third kappa shape index (κ3) is 4.66. The van der Waals surface area contributed by atoms with Gasteiger partial charge in [0, 0.05) is 24.8 Å². The van der Waals surface area contributed by atoms with Gasteiger partial charge in [-0.3, -0.25) is 4.98 Å². The van der Waals surface area contributed by atoms with Gasteiger partial charge in [0.05, 0.1) is 5.69 Å². The number of hydrogen-bond acceptors (Lipinski definition) is 3. The predicted molar refractivity (Wildman–Crippen MR) is 92.0 cm³/mol. The minimum atomic E-state index is 0.483. The molecule has 3 heteroatoms. The molecule has 1 N–H and O–H groups in total. The zero-order chi connectivity index (χ0) is 15.7. The van der Waals surface area contributed by atoms with Crippen LogP contribution in [-0.2, 0) is 19.7 Å². The molecule has 0 unspecified atom stereocenters. The molecule has 0 aliphatic carbocycles. The number of aromatic nitrogens is 1. The van der Waals surface area contributed by atoms with E-state index in [1.54, 1.807) is 6.20 Å². The third-order valence-electron chi connectivity index (χ3n) is 3.56. The lowest BCUT2D eigenvalue weighted by Gasteiger charge is -2.12. The van der Waals surface area contributed by atoms with Gasteiger partial charge in [0.25, 0.3) is 0 Å². The zero-order valence-electron chi connectivity index (χ0n) is 13.0. The molecule has 2 aromatic carbocycles. The van der Waals surface area contributed by atoms with Gasteiger partial charge in [-0.1, -0.05) is 54.6 Å². The van der Waals surface area contributed by atoms with Gasteiger partial charge in [-0.15, -0.1) is 0 Å². The van der Waals surface area contributed by atoms with Gasteiger partial charge in [0.15, 0.2) is 0 Å². The second-order valence-electron chi connectivity index (χ2n) is 5.31. The van der Waals surface area contributed by atoms with E-state index in [-0.39, 0.29) is 0 Å². The summed E-state index contributed by atoms with van der Waals surface area (Å²) in [5.41, 5.74) is 3.36. The fourth-order valence-corrected chi connectivity index (χ4v) is 2.36. The monoisotopic (exact) mass is 304 g/mol. The molecule has 1 aromatic heterocycles. The Bertz CT molecular complexity index is 714. The minimum absolute atomic E-state index is 0.483. The minimum Gasteiger partial charge on any atom is -0.487 e. The second-order valence-corrected chi connectivity index (χ2v) is 5.31. The summed E-state index contributed by atoms with van der Waals surface area (Å²) in [4.78, 5) is 4.28. The van der Waals surface area contributed by atoms with Crippen molar-refractivity contribution in [1.82, 2.24) is 10.3 Å². The van der Waals surface area contributed by atoms with Gasteiger partial charge in [-0.2, -0.15) is 0 Å². The highest BCUT2D eigenvalue weighted by atomic mass is 16.5. The maximum absolute atomic E-state index is 5.92. The van der Waals surface area contributed by atoms with Gasteiger partial charge in [-0.05, 0) is 23.8 Å². The molecular formula is C20H20N2O. The van der Waals surface area contributed by atoms with Crippen LogP contribution in [0.4, 0.5) is 0 Å². The van der Waals surface area contributed by atoms with Crippen LogP contribution in [0.1, 0.15) is 16.8 Å². The molecule has 0 radical (unpaired) electrons. The number of rotatable bonds is 7. The van der Waals surface area contributed by atoms with Crippen molar-refractivity contribution in [2.24, 2.45) is 0 Å². The average molecular weight is 304 g/mol. The molecule has 3 aromatic rings. The molecular weight excluding hydrogens is 284 g/mol. The van der Waals surface area contributed by atoms with Crippen LogP contribution in [0, 0.1) is 0 Å². The highest BCUT2D eigenvalue weighted by Crippen LogP contribution is 2.19. The van der Waals surface area contributed by atoms with E-state index in [2.05, 4.69) is 40.6 Å². The molecule has 0 amide bonds. The summed E-state index contributed by atoms with van der Waals surface area (Å²) in [6.45, 7) is 2.10. The lowest BCUT2D eigenvalue weighted by molar-refractivity contribution is 0.297. The Balaban J connectivity index is 1.57. The van der Waals surface area contributed by atoms with Gasteiger partial charge >= 0.3 is 0 Å². The first-order valence-electron chi connectivity index (χ1n) is 7.77. The van der Waals surface area contributed by atoms with Gasteiger partial charge in [0.1, 0.15) is 12.4 Å². The molecule has 0 aliphatic heterocycles. The summed E-state index contributed by atoms with van der Waals surface area (Å²) in [5.74, 6) is 0.902. The van der Waals surface area contributed by atoms with Crippen molar-refractivity contribution in [3.05, 3.63) is 95.8 Å². The molecule has 116 valence electrons. The van der Waals surface area contributed by atoms with Gasteiger partial charge in [-0.25, -0.2) is 0 Å². The van der Waals surface area contributed by atoms with Crippen LogP contribution in [0.5, 0.6) is 5.75 Å². The van der Waals surface area contributed by atoms with E-state index in [0.717, 1.165) is 30.1 Å². The number of ether oxygens (including phenoxy) is 1. The van der Waals surface area contributed by atoms with Crippen LogP contribution in [0.25, 0.3) is 0 Å². The molecule has 3 nitrogen and oxygen atoms in total. The highest BCUT2D eigenvalue weighted by molar-refractivity contribution is 5.33. The van der Waals surface area contributed by atoms with Crippen molar-refractivity contribution in [3.63, 3.8) is 0 Å². The second kappa shape index (κ2) is 8.11. The Labute approximate surface area is 137 Å². The van der Waals surface area contributed by atoms with Crippen molar-refractivity contribution in [2.75, 3.05) is 0 Å². The average Bonchev–Trinajstić information content (AvgIpc) is 2.63. The fourth-order valence-electron chi connectivity index (χ4n) is 2.36. The van der Waals surface area contributed by atoms with Crippen molar-refractivity contribution < 1.29 is 4.74 Å². The van der Waals surface area contributed by atoms with Crippen LogP contribution in [0.15, 0.2) is 79.0 Å². The quantitative estimate of drug-likeness (QED) is 0.717. The van der Waals surface area contributed by atoms with E-state index in [1.807, 2.05) is 42.5 Å². The van der Waals surface area contributed by atoms with Crippen LogP contribution >= 0.6 is 0 Å². The number of nitrogens with zero attached hydrogens (tertiary/aromatic N) is 1. The van der Waals surface area contributed by atoms with Gasteiger partial charge < -0.3 is 10.1 Å². The van der Waals surface area contributed by atoms with Crippen LogP contribution in [0.2, 0.25) is 0 Å². The lowest BCUT2D eigenvalue weighted by Crippen LogP contribution is -2.13. The summed E-state index contributed by atoms with van der Waals surface area (Å²) in [7, 11) is 0. The van der Waals surface area contributed by atoms with Crippen molar-refractivity contribution in [3.8, 4) is 5.75 Å². The third-order valence-corrected chi connectivity index (χ3v) is 3.56. The maximum atomic E-state index is 5.92. The SMILES string of the molecule is c1ccc(CNCc2ccccc2OCc2ccccn2)cc1. The maximum Gasteiger partial charge on any atom is 0.130 e. The number of para-hydroxylation sites is 1. The molecule has 0 atom stereocenters. The van der Waals surface area contributed by atoms with Crippen LogP contribution in [-0.4, -0.2) is 4.98 Å². The molecule has 0 bridgehead atoms. The van der Waals surface area contributed by atoms with Crippen LogP contribution in [0.3, 0.4) is 0 Å². The van der Waals surface area contributed by atoms with Crippen molar-refractivity contribution >= 4 is 0 Å². The Hall–Kier alpha value is -2.65. The zero-order valence-corrected chi connectivity index (χ0v) is 13.0. The molecule has 0 saturated carbocycles. The summed E-state index contributed by atoms with van der Waals surface area (Å²) in [5, 5.41) is 3.46. The largest absolute Gasteiger partial charge is 0.487 e. The summed E-state index contributed by atoms with van der Waals surface area (Å²) in [6.07, 6.45) is 1.78. The Morgan fingerprint density at radius 1 is 0.783 bits per heavy atom.